The average molecular weight is 219 g/mol. The molecule has 2 aromatic heterocycles. The molecule has 0 bridgehead atoms. The zero-order valence-corrected chi connectivity index (χ0v) is 9.58. The Morgan fingerprint density at radius 1 is 1.47 bits per heavy atom. The molecule has 0 aliphatic carbocycles. The highest BCUT2D eigenvalue weighted by Gasteiger charge is 2.09. The second-order valence-corrected chi connectivity index (χ2v) is 4.41. The van der Waals surface area contributed by atoms with E-state index in [-0.39, 0.29) is 6.04 Å². The van der Waals surface area contributed by atoms with Gasteiger partial charge in [0.25, 0.3) is 0 Å². The number of pyridine rings is 1. The van der Waals surface area contributed by atoms with Crippen molar-refractivity contribution in [1.82, 2.24) is 9.97 Å². The van der Waals surface area contributed by atoms with Crippen LogP contribution >= 0.6 is 11.3 Å². The van der Waals surface area contributed by atoms with E-state index in [1.807, 2.05) is 31.5 Å². The molecule has 1 unspecified atom stereocenters. The number of rotatable bonds is 2. The van der Waals surface area contributed by atoms with Crippen LogP contribution in [-0.2, 0) is 0 Å². The molecule has 0 aliphatic heterocycles. The molecular formula is C11H13N3S. The SMILES string of the molecule is Cc1cnccc1-c1nc(C(C)N)cs1. The lowest BCUT2D eigenvalue weighted by Crippen LogP contribution is -2.04. The van der Waals surface area contributed by atoms with Crippen molar-refractivity contribution in [3.8, 4) is 10.6 Å². The standard InChI is InChI=1S/C11H13N3S/c1-7-5-13-4-3-9(7)11-14-10(6-15-11)8(2)12/h3-6,8H,12H2,1-2H3. The third-order valence-corrected chi connectivity index (χ3v) is 3.13. The van der Waals surface area contributed by atoms with Gasteiger partial charge in [-0.2, -0.15) is 0 Å². The summed E-state index contributed by atoms with van der Waals surface area (Å²) in [5.74, 6) is 0. The van der Waals surface area contributed by atoms with Gasteiger partial charge in [0, 0.05) is 29.4 Å². The predicted octanol–water partition coefficient (Wildman–Crippen LogP) is 2.53. The molecule has 0 spiro atoms. The fourth-order valence-corrected chi connectivity index (χ4v) is 2.35. The van der Waals surface area contributed by atoms with Crippen molar-refractivity contribution in [2.45, 2.75) is 19.9 Å². The molecule has 2 aromatic rings. The molecule has 0 aromatic carbocycles. The van der Waals surface area contributed by atoms with Crippen LogP contribution < -0.4 is 5.73 Å². The van der Waals surface area contributed by atoms with E-state index in [0.29, 0.717) is 0 Å². The van der Waals surface area contributed by atoms with Gasteiger partial charge < -0.3 is 5.73 Å². The summed E-state index contributed by atoms with van der Waals surface area (Å²) in [6.07, 6.45) is 3.64. The minimum Gasteiger partial charge on any atom is -0.323 e. The lowest BCUT2D eigenvalue weighted by Gasteiger charge is -2.00. The molecule has 15 heavy (non-hydrogen) atoms. The lowest BCUT2D eigenvalue weighted by molar-refractivity contribution is 0.790. The van der Waals surface area contributed by atoms with Gasteiger partial charge in [-0.1, -0.05) is 0 Å². The van der Waals surface area contributed by atoms with E-state index in [0.717, 1.165) is 21.8 Å². The van der Waals surface area contributed by atoms with E-state index in [9.17, 15) is 0 Å². The number of nitrogens with zero attached hydrogens (tertiary/aromatic N) is 2. The number of aryl methyl sites for hydroxylation is 1. The van der Waals surface area contributed by atoms with E-state index in [1.165, 1.54) is 0 Å². The summed E-state index contributed by atoms with van der Waals surface area (Å²) in [5.41, 5.74) is 9.01. The highest BCUT2D eigenvalue weighted by atomic mass is 32.1. The van der Waals surface area contributed by atoms with Crippen molar-refractivity contribution >= 4 is 11.3 Å². The first kappa shape index (κ1) is 10.3. The van der Waals surface area contributed by atoms with Gasteiger partial charge >= 0.3 is 0 Å². The van der Waals surface area contributed by atoms with Gasteiger partial charge in [0.05, 0.1) is 5.69 Å². The maximum absolute atomic E-state index is 5.77. The smallest absolute Gasteiger partial charge is 0.124 e. The highest BCUT2D eigenvalue weighted by molar-refractivity contribution is 7.13. The van der Waals surface area contributed by atoms with Crippen LogP contribution in [0.15, 0.2) is 23.8 Å². The van der Waals surface area contributed by atoms with Crippen molar-refractivity contribution in [3.63, 3.8) is 0 Å². The predicted molar refractivity (Wildman–Crippen MR) is 62.7 cm³/mol. The summed E-state index contributed by atoms with van der Waals surface area (Å²) in [6, 6.07) is 1.98. The summed E-state index contributed by atoms with van der Waals surface area (Å²) >= 11 is 1.63. The van der Waals surface area contributed by atoms with Crippen LogP contribution in [0.1, 0.15) is 24.2 Å². The fourth-order valence-electron chi connectivity index (χ4n) is 1.33. The topological polar surface area (TPSA) is 51.8 Å². The van der Waals surface area contributed by atoms with E-state index in [1.54, 1.807) is 17.5 Å². The second kappa shape index (κ2) is 4.08. The van der Waals surface area contributed by atoms with Gasteiger partial charge in [-0.15, -0.1) is 11.3 Å². The normalized spacial score (nSPS) is 12.7. The summed E-state index contributed by atoms with van der Waals surface area (Å²) in [4.78, 5) is 8.57. The van der Waals surface area contributed by atoms with Crippen molar-refractivity contribution < 1.29 is 0 Å². The summed E-state index contributed by atoms with van der Waals surface area (Å²) in [7, 11) is 0. The molecule has 78 valence electrons. The van der Waals surface area contributed by atoms with Gasteiger partial charge in [-0.05, 0) is 25.5 Å². The summed E-state index contributed by atoms with van der Waals surface area (Å²) in [5, 5.41) is 3.03. The third kappa shape index (κ3) is 2.06. The Labute approximate surface area is 93.0 Å². The number of nitrogens with two attached hydrogens (primary N) is 1. The van der Waals surface area contributed by atoms with Gasteiger partial charge in [0.15, 0.2) is 0 Å². The molecule has 1 atom stereocenters. The molecule has 0 radical (unpaired) electrons. The lowest BCUT2D eigenvalue weighted by atomic mass is 10.2. The average Bonchev–Trinajstić information content (AvgIpc) is 2.67. The maximum atomic E-state index is 5.77. The van der Waals surface area contributed by atoms with E-state index < -0.39 is 0 Å². The monoisotopic (exact) mass is 219 g/mol. The molecule has 0 saturated carbocycles. The van der Waals surface area contributed by atoms with E-state index in [2.05, 4.69) is 9.97 Å². The largest absolute Gasteiger partial charge is 0.323 e. The van der Waals surface area contributed by atoms with Crippen LogP contribution in [0.25, 0.3) is 10.6 Å². The van der Waals surface area contributed by atoms with Crippen molar-refractivity contribution in [2.24, 2.45) is 5.73 Å². The molecule has 3 nitrogen and oxygen atoms in total. The minimum atomic E-state index is -0.00265. The molecular weight excluding hydrogens is 206 g/mol. The van der Waals surface area contributed by atoms with Gasteiger partial charge in [-0.25, -0.2) is 4.98 Å². The molecule has 0 fully saturated rings. The quantitative estimate of drug-likeness (QED) is 0.844. The van der Waals surface area contributed by atoms with Gasteiger partial charge in [-0.3, -0.25) is 4.98 Å². The fraction of sp³-hybridized carbons (Fsp3) is 0.273. The van der Waals surface area contributed by atoms with Crippen molar-refractivity contribution in [1.29, 1.82) is 0 Å². The molecule has 0 aliphatic rings. The first-order valence-electron chi connectivity index (χ1n) is 4.80. The summed E-state index contributed by atoms with van der Waals surface area (Å²) < 4.78 is 0. The summed E-state index contributed by atoms with van der Waals surface area (Å²) in [6.45, 7) is 3.98. The molecule has 0 amide bonds. The zero-order chi connectivity index (χ0) is 10.8. The Balaban J connectivity index is 2.42. The molecule has 0 saturated heterocycles. The van der Waals surface area contributed by atoms with E-state index >= 15 is 0 Å². The van der Waals surface area contributed by atoms with Crippen LogP contribution in [0.3, 0.4) is 0 Å². The van der Waals surface area contributed by atoms with E-state index in [4.69, 9.17) is 5.73 Å². The maximum Gasteiger partial charge on any atom is 0.124 e. The minimum absolute atomic E-state index is 0.00265. The zero-order valence-electron chi connectivity index (χ0n) is 8.77. The third-order valence-electron chi connectivity index (χ3n) is 2.24. The van der Waals surface area contributed by atoms with Crippen molar-refractivity contribution in [2.75, 3.05) is 0 Å². The first-order chi connectivity index (χ1) is 7.18. The van der Waals surface area contributed by atoms with Crippen LogP contribution in [0.4, 0.5) is 0 Å². The molecule has 4 heteroatoms. The number of hydrogen-bond donors (Lipinski definition) is 1. The Hall–Kier alpha value is -1.26. The molecule has 2 N–H and O–H groups in total. The highest BCUT2D eigenvalue weighted by Crippen LogP contribution is 2.27. The second-order valence-electron chi connectivity index (χ2n) is 3.56. The van der Waals surface area contributed by atoms with Gasteiger partial charge in [0.2, 0.25) is 0 Å². The molecule has 2 heterocycles. The Morgan fingerprint density at radius 2 is 2.27 bits per heavy atom. The van der Waals surface area contributed by atoms with Gasteiger partial charge in [0.1, 0.15) is 5.01 Å². The number of thiazole rings is 1. The first-order valence-corrected chi connectivity index (χ1v) is 5.68. The Bertz CT molecular complexity index is 462. The van der Waals surface area contributed by atoms with Crippen molar-refractivity contribution in [3.05, 3.63) is 35.1 Å². The van der Waals surface area contributed by atoms with Crippen LogP contribution in [0.5, 0.6) is 0 Å². The molecule has 2 rings (SSSR count). The van der Waals surface area contributed by atoms with Crippen LogP contribution in [0, 0.1) is 6.92 Å². The Morgan fingerprint density at radius 3 is 2.87 bits per heavy atom. The number of aromatic nitrogens is 2. The van der Waals surface area contributed by atoms with Crippen LogP contribution in [-0.4, -0.2) is 9.97 Å². The Kier molecular flexibility index (Phi) is 2.79. The van der Waals surface area contributed by atoms with Crippen LogP contribution in [0.2, 0.25) is 0 Å². The number of hydrogen-bond acceptors (Lipinski definition) is 4.